The molecule has 0 heterocycles. The SMILES string of the molecule is CC(=O)Cc1cc(CPC(C)=O)cc(CPC(C)=O)c1.CO.OCc1cc(CPO)cc(CPO)c1.P.P.[Na+].[OH-].[V].[V].[V].[V].[V].[V]. The van der Waals surface area contributed by atoms with E-state index in [-0.39, 0.29) is 224 Å². The summed E-state index contributed by atoms with van der Waals surface area (Å²) in [5, 5.41) is 16.0. The van der Waals surface area contributed by atoms with Crippen molar-refractivity contribution in [1.29, 1.82) is 0 Å². The fraction of sp³-hybridized carbons (Fsp3) is 0.400. The van der Waals surface area contributed by atoms with Gasteiger partial charge in [0.25, 0.3) is 0 Å². The van der Waals surface area contributed by atoms with Crippen molar-refractivity contribution in [2.75, 3.05) is 7.11 Å². The van der Waals surface area contributed by atoms with Crippen LogP contribution in [0.4, 0.5) is 0 Å². The van der Waals surface area contributed by atoms with E-state index in [0.717, 1.165) is 52.8 Å². The zero-order valence-electron chi connectivity index (χ0n) is 26.8. The average Bonchev–Trinajstić information content (AvgIpc) is 2.83. The van der Waals surface area contributed by atoms with E-state index in [2.05, 4.69) is 6.07 Å². The summed E-state index contributed by atoms with van der Waals surface area (Å²) in [7, 11) is 1.31. The summed E-state index contributed by atoms with van der Waals surface area (Å²) in [5.41, 5.74) is 6.40. The second kappa shape index (κ2) is 51.4. The maximum atomic E-state index is 11.3. The number of Topliss-reactive ketones (excluding diaryl/α,β-unsaturated/α-hetero) is 1. The molecule has 254 valence electrons. The maximum Gasteiger partial charge on any atom is 1.00 e. The van der Waals surface area contributed by atoms with Crippen molar-refractivity contribution in [3.8, 4) is 0 Å². The normalized spacial score (nSPS) is 8.87. The van der Waals surface area contributed by atoms with E-state index in [9.17, 15) is 14.4 Å². The van der Waals surface area contributed by atoms with Gasteiger partial charge in [-0.2, -0.15) is 19.8 Å². The average molecular weight is 988 g/mol. The first-order valence-electron chi connectivity index (χ1n) is 11.2. The Morgan fingerprint density at radius 3 is 1.07 bits per heavy atom. The van der Waals surface area contributed by atoms with Crippen LogP contribution in [0.5, 0.6) is 0 Å². The smallest absolute Gasteiger partial charge is 0.870 e. The predicted molar refractivity (Wildman–Crippen MR) is 179 cm³/mol. The Labute approximate surface area is 382 Å². The first-order valence-corrected chi connectivity index (χ1v) is 15.9. The minimum atomic E-state index is -0.110. The third kappa shape index (κ3) is 42.7. The topological polar surface area (TPSA) is 162 Å². The Morgan fingerprint density at radius 1 is 0.565 bits per heavy atom. The van der Waals surface area contributed by atoms with Crippen LogP contribution in [0.25, 0.3) is 0 Å². The van der Waals surface area contributed by atoms with Crippen molar-refractivity contribution in [2.24, 2.45) is 0 Å². The molecule has 0 aliphatic carbocycles. The van der Waals surface area contributed by atoms with Crippen molar-refractivity contribution in [3.63, 3.8) is 0 Å². The van der Waals surface area contributed by atoms with Crippen LogP contribution in [0, 0.1) is 0 Å². The van der Waals surface area contributed by atoms with Crippen LogP contribution < -0.4 is 29.6 Å². The number of ketones is 1. The van der Waals surface area contributed by atoms with Crippen LogP contribution in [-0.4, -0.2) is 49.4 Å². The summed E-state index contributed by atoms with van der Waals surface area (Å²) >= 11 is 0. The van der Waals surface area contributed by atoms with E-state index in [1.54, 1.807) is 20.8 Å². The Hall–Kier alpha value is 4.34. The van der Waals surface area contributed by atoms with E-state index >= 15 is 0 Å². The molecular formula is C25H45NaO8P6V6. The number of hydrogen-bond acceptors (Lipinski definition) is 8. The molecule has 0 fully saturated rings. The molecule has 0 spiro atoms. The number of carbonyl (C=O) groups is 3. The Morgan fingerprint density at radius 2 is 0.826 bits per heavy atom. The van der Waals surface area contributed by atoms with Gasteiger partial charge in [-0.15, -0.1) is 0 Å². The van der Waals surface area contributed by atoms with Gasteiger partial charge in [0.15, 0.2) is 0 Å². The van der Waals surface area contributed by atoms with E-state index in [1.807, 2.05) is 30.3 Å². The van der Waals surface area contributed by atoms with Crippen molar-refractivity contribution in [2.45, 2.75) is 58.4 Å². The molecule has 8 nitrogen and oxygen atoms in total. The first-order chi connectivity index (χ1) is 17.2. The second-order valence-electron chi connectivity index (χ2n) is 7.84. The van der Waals surface area contributed by atoms with Gasteiger partial charge in [-0.25, -0.2) is 0 Å². The van der Waals surface area contributed by atoms with Crippen molar-refractivity contribution in [3.05, 3.63) is 69.8 Å². The van der Waals surface area contributed by atoms with E-state index in [1.165, 1.54) is 0 Å². The molecule has 0 aromatic heterocycles. The zero-order chi connectivity index (χ0) is 27.5. The molecule has 21 heteroatoms. The fourth-order valence-electron chi connectivity index (χ4n) is 3.20. The molecule has 6 unspecified atom stereocenters. The molecular weight excluding hydrogens is 943 g/mol. The maximum absolute atomic E-state index is 11.3. The van der Waals surface area contributed by atoms with Crippen LogP contribution in [0.15, 0.2) is 36.4 Å². The summed E-state index contributed by atoms with van der Waals surface area (Å²) in [6, 6.07) is 11.8. The third-order valence-corrected chi connectivity index (χ3v) is 7.81. The molecule has 6 atom stereocenters. The summed E-state index contributed by atoms with van der Waals surface area (Å²) in [6.07, 6.45) is 3.09. The summed E-state index contributed by atoms with van der Waals surface area (Å²) in [5.74, 6) is 0.121. The fourth-order valence-corrected chi connectivity index (χ4v) is 5.29. The minimum absolute atomic E-state index is 0. The number of carbonyl (C=O) groups excluding carboxylic acids is 3. The molecule has 6 radical (unpaired) electrons. The van der Waals surface area contributed by atoms with Gasteiger partial charge in [0, 0.05) is 155 Å². The zero-order valence-corrected chi connectivity index (χ0v) is 44.0. The third-order valence-electron chi connectivity index (χ3n) is 4.51. The quantitative estimate of drug-likeness (QED) is 0.172. The van der Waals surface area contributed by atoms with Gasteiger partial charge in [0.1, 0.15) is 16.8 Å². The molecule has 2 aromatic rings. The van der Waals surface area contributed by atoms with Gasteiger partial charge in [-0.3, -0.25) is 14.4 Å². The number of aliphatic hydroxyl groups excluding tert-OH is 2. The molecule has 0 aliphatic heterocycles. The van der Waals surface area contributed by atoms with Crippen LogP contribution in [0.1, 0.15) is 54.2 Å². The molecule has 2 rings (SSSR count). The van der Waals surface area contributed by atoms with Gasteiger partial charge < -0.3 is 25.5 Å². The van der Waals surface area contributed by atoms with E-state index in [4.69, 9.17) is 20.0 Å². The van der Waals surface area contributed by atoms with E-state index < -0.39 is 0 Å². The molecule has 0 amide bonds. The van der Waals surface area contributed by atoms with Gasteiger partial charge in [0.05, 0.1) is 6.61 Å². The molecule has 2 aromatic carbocycles. The molecule has 0 saturated carbocycles. The minimum Gasteiger partial charge on any atom is -0.870 e. The second-order valence-corrected chi connectivity index (χ2v) is 12.0. The molecule has 0 bridgehead atoms. The molecule has 0 aliphatic rings. The van der Waals surface area contributed by atoms with E-state index in [0.29, 0.717) is 18.7 Å². The summed E-state index contributed by atoms with van der Waals surface area (Å²) < 4.78 is 0. The number of benzene rings is 2. The molecule has 5 N–H and O–H groups in total. The van der Waals surface area contributed by atoms with Crippen LogP contribution >= 0.6 is 54.6 Å². The number of rotatable bonds is 13. The Kier molecular flexibility index (Phi) is 88.6. The number of hydrogen-bond donors (Lipinski definition) is 4. The van der Waals surface area contributed by atoms with Crippen molar-refractivity contribution < 1.29 is 181 Å². The van der Waals surface area contributed by atoms with Crippen LogP contribution in [0.2, 0.25) is 0 Å². The monoisotopic (exact) mass is 988 g/mol. The van der Waals surface area contributed by atoms with Crippen LogP contribution in [0.3, 0.4) is 0 Å². The Balaban J connectivity index is -0.0000000478. The Bertz CT molecular complexity index is 948. The van der Waals surface area contributed by atoms with Crippen LogP contribution in [-0.2, 0) is 163 Å². The molecule has 0 saturated heterocycles. The van der Waals surface area contributed by atoms with Gasteiger partial charge in [0.2, 0.25) is 0 Å². The van der Waals surface area contributed by atoms with Crippen molar-refractivity contribution in [1.82, 2.24) is 0 Å². The van der Waals surface area contributed by atoms with Gasteiger partial charge in [-0.05, 0) is 83.6 Å². The van der Waals surface area contributed by atoms with Crippen molar-refractivity contribution >= 4 is 71.4 Å². The van der Waals surface area contributed by atoms with Gasteiger partial charge >= 0.3 is 29.6 Å². The first kappa shape index (κ1) is 79.2. The summed E-state index contributed by atoms with van der Waals surface area (Å²) in [6.45, 7) is 4.76. The summed E-state index contributed by atoms with van der Waals surface area (Å²) in [4.78, 5) is 51.1. The predicted octanol–water partition coefficient (Wildman–Crippen LogP) is 1.16. The molecule has 46 heavy (non-hydrogen) atoms. The number of aliphatic hydroxyl groups is 2. The largest absolute Gasteiger partial charge is 1.00 e. The standard InChI is InChI=1S/C15H20O3P2.C9H14O3P2.CH4O.Na.H2O.2H3P.6V/c1-10(16)4-13-5-14(8-19-11(2)17)7-15(6-13)9-20-12(3)18;10-4-7-1-8(5-13-11)3-9(2-7)6-14-12;1-2;;;;;;;;;;/h5-7,19-20H,4,8-9H2,1-3H3;1-3,10-14H,4-6H2;2H,1H3;;1H2;2*1H3;;;;;;/q;;;+1;;;;;;;;;/p-1. The van der Waals surface area contributed by atoms with Gasteiger partial charge in [-0.1, -0.05) is 36.4 Å².